The van der Waals surface area contributed by atoms with Crippen molar-refractivity contribution in [2.75, 3.05) is 12.8 Å². The van der Waals surface area contributed by atoms with Crippen LogP contribution in [0.25, 0.3) is 11.4 Å². The van der Waals surface area contributed by atoms with Crippen molar-refractivity contribution >= 4 is 5.69 Å². The van der Waals surface area contributed by atoms with Crippen molar-refractivity contribution in [2.45, 2.75) is 19.9 Å². The van der Waals surface area contributed by atoms with E-state index in [0.29, 0.717) is 17.5 Å². The van der Waals surface area contributed by atoms with Crippen LogP contribution in [0.3, 0.4) is 0 Å². The van der Waals surface area contributed by atoms with Crippen LogP contribution >= 0.6 is 0 Å². The predicted octanol–water partition coefficient (Wildman–Crippen LogP) is 2.12. The topological polar surface area (TPSA) is 66.0 Å². The number of nitrogen functional groups attached to an aromatic ring is 1. The maximum atomic E-state index is 5.88. The van der Waals surface area contributed by atoms with Crippen molar-refractivity contribution in [2.24, 2.45) is 0 Å². The van der Waals surface area contributed by atoms with Crippen LogP contribution in [-0.2, 0) is 0 Å². The van der Waals surface area contributed by atoms with Crippen molar-refractivity contribution in [3.8, 4) is 17.1 Å². The predicted molar refractivity (Wildman–Crippen MR) is 66.8 cm³/mol. The summed E-state index contributed by atoms with van der Waals surface area (Å²) in [6, 6.07) is 5.92. The number of anilines is 1. The summed E-state index contributed by atoms with van der Waals surface area (Å²) >= 11 is 0. The van der Waals surface area contributed by atoms with Gasteiger partial charge in [-0.1, -0.05) is 0 Å². The largest absolute Gasteiger partial charge is 0.495 e. The second kappa shape index (κ2) is 4.45. The van der Waals surface area contributed by atoms with Gasteiger partial charge >= 0.3 is 0 Å². The number of methoxy groups -OCH3 is 1. The van der Waals surface area contributed by atoms with Crippen molar-refractivity contribution in [1.82, 2.24) is 14.8 Å². The average Bonchev–Trinajstić information content (AvgIpc) is 2.77. The van der Waals surface area contributed by atoms with Crippen LogP contribution in [0.2, 0.25) is 0 Å². The van der Waals surface area contributed by atoms with E-state index in [1.54, 1.807) is 13.4 Å². The number of ether oxygens (including phenoxy) is 1. The molecule has 0 radical (unpaired) electrons. The van der Waals surface area contributed by atoms with Crippen LogP contribution < -0.4 is 10.5 Å². The van der Waals surface area contributed by atoms with Crippen LogP contribution in [0.5, 0.6) is 5.75 Å². The second-order valence-electron chi connectivity index (χ2n) is 4.11. The van der Waals surface area contributed by atoms with E-state index in [2.05, 4.69) is 24.0 Å². The number of rotatable bonds is 3. The van der Waals surface area contributed by atoms with Crippen molar-refractivity contribution in [1.29, 1.82) is 0 Å². The molecule has 0 aliphatic carbocycles. The summed E-state index contributed by atoms with van der Waals surface area (Å²) in [5.41, 5.74) is 7.42. The molecule has 1 aromatic carbocycles. The zero-order valence-corrected chi connectivity index (χ0v) is 10.2. The zero-order valence-electron chi connectivity index (χ0n) is 10.2. The highest BCUT2D eigenvalue weighted by Gasteiger charge is 2.11. The summed E-state index contributed by atoms with van der Waals surface area (Å²) in [5.74, 6) is 1.48. The maximum absolute atomic E-state index is 5.88. The van der Waals surface area contributed by atoms with Gasteiger partial charge in [-0.2, -0.15) is 0 Å². The summed E-state index contributed by atoms with van der Waals surface area (Å²) in [5, 5.41) is 8.05. The summed E-state index contributed by atoms with van der Waals surface area (Å²) in [6.07, 6.45) is 1.72. The molecule has 2 N–H and O–H groups in total. The summed E-state index contributed by atoms with van der Waals surface area (Å²) in [7, 11) is 1.60. The van der Waals surface area contributed by atoms with Gasteiger partial charge in [0, 0.05) is 11.6 Å². The van der Waals surface area contributed by atoms with Gasteiger partial charge in [-0.25, -0.2) is 0 Å². The average molecular weight is 232 g/mol. The lowest BCUT2D eigenvalue weighted by Crippen LogP contribution is -2.02. The van der Waals surface area contributed by atoms with Crippen LogP contribution in [-0.4, -0.2) is 21.9 Å². The molecule has 0 atom stereocenters. The summed E-state index contributed by atoms with van der Waals surface area (Å²) in [4.78, 5) is 0. The molecule has 0 saturated carbocycles. The minimum atomic E-state index is 0.309. The first-order valence-electron chi connectivity index (χ1n) is 5.47. The second-order valence-corrected chi connectivity index (χ2v) is 4.11. The Morgan fingerprint density at radius 2 is 2.12 bits per heavy atom. The first kappa shape index (κ1) is 11.4. The van der Waals surface area contributed by atoms with Gasteiger partial charge in [0.25, 0.3) is 0 Å². The highest BCUT2D eigenvalue weighted by Crippen LogP contribution is 2.28. The number of nitrogens with two attached hydrogens (primary N) is 1. The number of hydrogen-bond acceptors (Lipinski definition) is 4. The molecule has 5 nitrogen and oxygen atoms in total. The molecule has 0 aliphatic rings. The van der Waals surface area contributed by atoms with Crippen molar-refractivity contribution < 1.29 is 4.74 Å². The van der Waals surface area contributed by atoms with Gasteiger partial charge < -0.3 is 15.0 Å². The molecule has 0 saturated heterocycles. The minimum absolute atomic E-state index is 0.309. The molecule has 1 heterocycles. The van der Waals surface area contributed by atoms with E-state index in [0.717, 1.165) is 11.4 Å². The summed E-state index contributed by atoms with van der Waals surface area (Å²) in [6.45, 7) is 4.17. The first-order valence-corrected chi connectivity index (χ1v) is 5.47. The van der Waals surface area contributed by atoms with Crippen LogP contribution in [0, 0.1) is 0 Å². The van der Waals surface area contributed by atoms with Gasteiger partial charge in [0.15, 0.2) is 5.82 Å². The number of nitrogens with zero attached hydrogens (tertiary/aromatic N) is 3. The Hall–Kier alpha value is -2.04. The standard InChI is InChI=1S/C12H16N4O/c1-8(2)16-7-14-15-12(16)9-4-5-11(17-3)10(13)6-9/h4-8H,13H2,1-3H3. The highest BCUT2D eigenvalue weighted by atomic mass is 16.5. The Labute approximate surface area is 100 Å². The van der Waals surface area contributed by atoms with Crippen molar-refractivity contribution in [3.05, 3.63) is 24.5 Å². The van der Waals surface area contributed by atoms with E-state index in [1.807, 2.05) is 22.8 Å². The van der Waals surface area contributed by atoms with Gasteiger partial charge in [-0.05, 0) is 32.0 Å². The van der Waals surface area contributed by atoms with Gasteiger partial charge in [-0.15, -0.1) is 10.2 Å². The quantitative estimate of drug-likeness (QED) is 0.823. The van der Waals surface area contributed by atoms with Crippen LogP contribution in [0.4, 0.5) is 5.69 Å². The third-order valence-corrected chi connectivity index (χ3v) is 2.62. The molecular weight excluding hydrogens is 216 g/mol. The molecule has 17 heavy (non-hydrogen) atoms. The van der Waals surface area contributed by atoms with E-state index in [-0.39, 0.29) is 0 Å². The Balaban J connectivity index is 2.46. The SMILES string of the molecule is COc1ccc(-c2nncn2C(C)C)cc1N. The number of hydrogen-bond donors (Lipinski definition) is 1. The Morgan fingerprint density at radius 3 is 2.71 bits per heavy atom. The molecule has 0 aliphatic heterocycles. The molecule has 2 rings (SSSR count). The molecular formula is C12H16N4O. The van der Waals surface area contributed by atoms with Gasteiger partial charge in [-0.3, -0.25) is 0 Å². The Morgan fingerprint density at radius 1 is 1.35 bits per heavy atom. The van der Waals surface area contributed by atoms with E-state index in [9.17, 15) is 0 Å². The molecule has 1 aromatic heterocycles. The van der Waals surface area contributed by atoms with Crippen LogP contribution in [0.15, 0.2) is 24.5 Å². The van der Waals surface area contributed by atoms with Crippen molar-refractivity contribution in [3.63, 3.8) is 0 Å². The molecule has 0 amide bonds. The third kappa shape index (κ3) is 2.08. The van der Waals surface area contributed by atoms with E-state index in [4.69, 9.17) is 10.5 Å². The molecule has 90 valence electrons. The monoisotopic (exact) mass is 232 g/mol. The van der Waals surface area contributed by atoms with E-state index >= 15 is 0 Å². The fourth-order valence-electron chi connectivity index (χ4n) is 1.70. The molecule has 2 aromatic rings. The fraction of sp³-hybridized carbons (Fsp3) is 0.333. The first-order chi connectivity index (χ1) is 8.13. The lowest BCUT2D eigenvalue weighted by Gasteiger charge is -2.11. The third-order valence-electron chi connectivity index (χ3n) is 2.62. The van der Waals surface area contributed by atoms with Crippen LogP contribution in [0.1, 0.15) is 19.9 Å². The maximum Gasteiger partial charge on any atom is 0.164 e. The zero-order chi connectivity index (χ0) is 12.4. The normalized spacial score (nSPS) is 10.8. The molecule has 0 fully saturated rings. The lowest BCUT2D eigenvalue weighted by molar-refractivity contribution is 0.417. The van der Waals surface area contributed by atoms with E-state index in [1.165, 1.54) is 0 Å². The Kier molecular flexibility index (Phi) is 2.99. The van der Waals surface area contributed by atoms with Gasteiger partial charge in [0.2, 0.25) is 0 Å². The smallest absolute Gasteiger partial charge is 0.164 e. The van der Waals surface area contributed by atoms with Gasteiger partial charge in [0.05, 0.1) is 12.8 Å². The minimum Gasteiger partial charge on any atom is -0.495 e. The lowest BCUT2D eigenvalue weighted by atomic mass is 10.1. The van der Waals surface area contributed by atoms with E-state index < -0.39 is 0 Å². The highest BCUT2D eigenvalue weighted by molar-refractivity contribution is 5.66. The number of benzene rings is 1. The Bertz CT molecular complexity index is 519. The fourth-order valence-corrected chi connectivity index (χ4v) is 1.70. The van der Waals surface area contributed by atoms with Gasteiger partial charge in [0.1, 0.15) is 12.1 Å². The molecule has 0 unspecified atom stereocenters. The summed E-state index contributed by atoms with van der Waals surface area (Å²) < 4.78 is 7.13. The molecule has 0 bridgehead atoms. The molecule has 0 spiro atoms. The molecule has 5 heteroatoms. The number of aromatic nitrogens is 3.